The Morgan fingerprint density at radius 2 is 1.57 bits per heavy atom. The number of carbonyl (C=O) groups excluding carboxylic acids is 3. The number of carboxylic acid groups (broad SMARTS) is 1. The summed E-state index contributed by atoms with van der Waals surface area (Å²) in [5.41, 5.74) is 12.4. The lowest BCUT2D eigenvalue weighted by Gasteiger charge is -2.25. The summed E-state index contributed by atoms with van der Waals surface area (Å²) < 4.78 is 0. The number of benzene rings is 1. The zero-order chi connectivity index (χ0) is 27.2. The molecule has 4 unspecified atom stereocenters. The lowest BCUT2D eigenvalue weighted by atomic mass is 10.0. The third-order valence-electron chi connectivity index (χ3n) is 5.62. The van der Waals surface area contributed by atoms with Crippen molar-refractivity contribution in [3.8, 4) is 0 Å². The van der Waals surface area contributed by atoms with Crippen molar-refractivity contribution < 1.29 is 29.4 Å². The highest BCUT2D eigenvalue weighted by atomic mass is 16.4. The van der Waals surface area contributed by atoms with Crippen LogP contribution < -0.4 is 27.4 Å². The molecule has 1 aromatic carbocycles. The van der Waals surface area contributed by atoms with E-state index < -0.39 is 54.5 Å². The van der Waals surface area contributed by atoms with Gasteiger partial charge in [0.15, 0.2) is 0 Å². The van der Waals surface area contributed by atoms with Crippen molar-refractivity contribution >= 4 is 23.7 Å². The minimum atomic E-state index is -1.27. The predicted molar refractivity (Wildman–Crippen MR) is 134 cm³/mol. The van der Waals surface area contributed by atoms with Crippen LogP contribution in [0.2, 0.25) is 0 Å². The zero-order valence-electron chi connectivity index (χ0n) is 20.4. The van der Waals surface area contributed by atoms with Crippen LogP contribution in [0.4, 0.5) is 0 Å². The van der Waals surface area contributed by atoms with Gasteiger partial charge in [0.2, 0.25) is 17.7 Å². The Bertz CT molecular complexity index is 1000. The number of carbonyl (C=O) groups is 4. The van der Waals surface area contributed by atoms with Crippen molar-refractivity contribution in [3.63, 3.8) is 0 Å². The normalized spacial score (nSPS) is 14.1. The maximum absolute atomic E-state index is 13.2. The van der Waals surface area contributed by atoms with E-state index >= 15 is 0 Å². The van der Waals surface area contributed by atoms with Crippen LogP contribution in [-0.4, -0.2) is 81.2 Å². The lowest BCUT2D eigenvalue weighted by molar-refractivity contribution is -0.142. The summed E-state index contributed by atoms with van der Waals surface area (Å²) in [4.78, 5) is 57.1. The van der Waals surface area contributed by atoms with Crippen molar-refractivity contribution in [2.45, 2.75) is 56.3 Å². The van der Waals surface area contributed by atoms with Crippen molar-refractivity contribution in [2.24, 2.45) is 11.5 Å². The average molecular weight is 518 g/mol. The van der Waals surface area contributed by atoms with Crippen LogP contribution in [-0.2, 0) is 32.0 Å². The molecule has 1 aromatic heterocycles. The van der Waals surface area contributed by atoms with Gasteiger partial charge in [0.05, 0.1) is 12.9 Å². The molecule has 3 amide bonds. The van der Waals surface area contributed by atoms with E-state index in [1.165, 1.54) is 12.5 Å². The standard InChI is InChI=1S/C24H35N7O6/c25-9-5-4-8-18(29-21(33)17(26)13-32)22(34)30-19(10-15-6-2-1-3-7-15)23(35)31-20(24(36)37)11-16-12-27-14-28-16/h1-3,6-7,12,14,17-20,32H,4-5,8-11,13,25-26H2,(H,27,28)(H,29,33)(H,30,34)(H,31,35)(H,36,37). The minimum Gasteiger partial charge on any atom is -0.480 e. The maximum Gasteiger partial charge on any atom is 0.326 e. The van der Waals surface area contributed by atoms with E-state index in [0.717, 1.165) is 5.56 Å². The van der Waals surface area contributed by atoms with Gasteiger partial charge in [-0.3, -0.25) is 14.4 Å². The summed E-state index contributed by atoms with van der Waals surface area (Å²) in [6.45, 7) is -0.209. The number of aromatic nitrogens is 2. The highest BCUT2D eigenvalue weighted by molar-refractivity contribution is 5.94. The van der Waals surface area contributed by atoms with Gasteiger partial charge in [-0.1, -0.05) is 30.3 Å². The molecule has 0 bridgehead atoms. The molecule has 2 aromatic rings. The number of carboxylic acids is 1. The summed E-state index contributed by atoms with van der Waals surface area (Å²) >= 11 is 0. The molecule has 0 aliphatic rings. The van der Waals surface area contributed by atoms with E-state index in [0.29, 0.717) is 25.1 Å². The van der Waals surface area contributed by atoms with Crippen molar-refractivity contribution in [1.82, 2.24) is 25.9 Å². The molecule has 4 atom stereocenters. The van der Waals surface area contributed by atoms with Gasteiger partial charge in [-0.05, 0) is 31.4 Å². The number of amides is 3. The van der Waals surface area contributed by atoms with Crippen LogP contribution in [0.1, 0.15) is 30.5 Å². The molecule has 1 heterocycles. The number of H-pyrrole nitrogens is 1. The van der Waals surface area contributed by atoms with Gasteiger partial charge < -0.3 is 42.6 Å². The Morgan fingerprint density at radius 3 is 2.16 bits per heavy atom. The number of nitrogens with zero attached hydrogens (tertiary/aromatic N) is 1. The van der Waals surface area contributed by atoms with E-state index in [2.05, 4.69) is 25.9 Å². The Labute approximate surface area is 214 Å². The van der Waals surface area contributed by atoms with E-state index in [-0.39, 0.29) is 19.3 Å². The Kier molecular flexibility index (Phi) is 12.2. The number of hydrogen-bond acceptors (Lipinski definition) is 8. The summed E-state index contributed by atoms with van der Waals surface area (Å²) in [5, 5.41) is 26.4. The van der Waals surface area contributed by atoms with Gasteiger partial charge in [0.25, 0.3) is 0 Å². The quantitative estimate of drug-likeness (QED) is 0.117. The van der Waals surface area contributed by atoms with Crippen molar-refractivity contribution in [3.05, 3.63) is 54.1 Å². The van der Waals surface area contributed by atoms with Crippen LogP contribution >= 0.6 is 0 Å². The summed E-state index contributed by atoms with van der Waals surface area (Å²) in [7, 11) is 0. The Morgan fingerprint density at radius 1 is 0.919 bits per heavy atom. The number of nitrogens with two attached hydrogens (primary N) is 2. The third-order valence-corrected chi connectivity index (χ3v) is 5.62. The number of aliphatic carboxylic acids is 1. The number of nitrogens with one attached hydrogen (secondary N) is 4. The number of aliphatic hydroxyl groups excluding tert-OH is 1. The fourth-order valence-electron chi connectivity index (χ4n) is 3.54. The molecule has 37 heavy (non-hydrogen) atoms. The van der Waals surface area contributed by atoms with Crippen molar-refractivity contribution in [1.29, 1.82) is 0 Å². The highest BCUT2D eigenvalue weighted by Crippen LogP contribution is 2.08. The average Bonchev–Trinajstić information content (AvgIpc) is 3.40. The molecule has 2 rings (SSSR count). The molecule has 0 saturated carbocycles. The second-order valence-electron chi connectivity index (χ2n) is 8.57. The molecule has 0 aliphatic carbocycles. The maximum atomic E-state index is 13.2. The van der Waals surface area contributed by atoms with Gasteiger partial charge in [-0.2, -0.15) is 0 Å². The molecule has 0 radical (unpaired) electrons. The van der Waals surface area contributed by atoms with Crippen LogP contribution in [0, 0.1) is 0 Å². The van der Waals surface area contributed by atoms with Gasteiger partial charge >= 0.3 is 5.97 Å². The smallest absolute Gasteiger partial charge is 0.326 e. The van der Waals surface area contributed by atoms with Gasteiger partial charge in [0, 0.05) is 24.7 Å². The monoisotopic (exact) mass is 517 g/mol. The molecule has 0 aliphatic heterocycles. The Hall–Kier alpha value is -3.81. The summed E-state index contributed by atoms with van der Waals surface area (Å²) in [5.74, 6) is -3.32. The third kappa shape index (κ3) is 9.99. The number of aromatic amines is 1. The first-order valence-corrected chi connectivity index (χ1v) is 12.0. The van der Waals surface area contributed by atoms with E-state index in [1.807, 2.05) is 0 Å². The number of rotatable bonds is 16. The second-order valence-corrected chi connectivity index (χ2v) is 8.57. The topological polar surface area (TPSA) is 226 Å². The first kappa shape index (κ1) is 29.4. The number of unbranched alkanes of at least 4 members (excludes halogenated alkanes) is 1. The summed E-state index contributed by atoms with van der Waals surface area (Å²) in [6, 6.07) is 4.22. The molecule has 0 fully saturated rings. The van der Waals surface area contributed by atoms with E-state index in [4.69, 9.17) is 16.6 Å². The Balaban J connectivity index is 2.21. The van der Waals surface area contributed by atoms with Crippen LogP contribution in [0.25, 0.3) is 0 Å². The molecule has 10 N–H and O–H groups in total. The molecule has 0 saturated heterocycles. The first-order valence-electron chi connectivity index (χ1n) is 12.0. The number of hydrogen-bond donors (Lipinski definition) is 8. The SMILES string of the molecule is NCCCCC(NC(=O)C(N)CO)C(=O)NC(Cc1ccccc1)C(=O)NC(Cc1cnc[nH]1)C(=O)O. The molecular formula is C24H35N7O6. The molecule has 13 heteroatoms. The molecule has 13 nitrogen and oxygen atoms in total. The largest absolute Gasteiger partial charge is 0.480 e. The van der Waals surface area contributed by atoms with Gasteiger partial charge in [-0.25, -0.2) is 9.78 Å². The predicted octanol–water partition coefficient (Wildman–Crippen LogP) is -1.82. The first-order chi connectivity index (χ1) is 17.7. The zero-order valence-corrected chi connectivity index (χ0v) is 20.4. The fourth-order valence-corrected chi connectivity index (χ4v) is 3.54. The van der Waals surface area contributed by atoms with Gasteiger partial charge in [-0.15, -0.1) is 0 Å². The van der Waals surface area contributed by atoms with Crippen LogP contribution in [0.3, 0.4) is 0 Å². The van der Waals surface area contributed by atoms with Crippen LogP contribution in [0.15, 0.2) is 42.9 Å². The van der Waals surface area contributed by atoms with E-state index in [1.54, 1.807) is 30.3 Å². The van der Waals surface area contributed by atoms with Gasteiger partial charge in [0.1, 0.15) is 24.2 Å². The van der Waals surface area contributed by atoms with E-state index in [9.17, 15) is 24.3 Å². The highest BCUT2D eigenvalue weighted by Gasteiger charge is 2.30. The summed E-state index contributed by atoms with van der Waals surface area (Å²) in [6.07, 6.45) is 4.24. The van der Waals surface area contributed by atoms with Crippen molar-refractivity contribution in [2.75, 3.05) is 13.2 Å². The fraction of sp³-hybridized carbons (Fsp3) is 0.458. The minimum absolute atomic E-state index is 0.0378. The number of aliphatic hydroxyl groups is 1. The molecule has 0 spiro atoms. The second kappa shape index (κ2) is 15.3. The molecular weight excluding hydrogens is 482 g/mol. The molecule has 202 valence electrons. The van der Waals surface area contributed by atoms with Crippen LogP contribution in [0.5, 0.6) is 0 Å². The lowest BCUT2D eigenvalue weighted by Crippen LogP contribution is -2.58. The number of imidazole rings is 1.